The number of benzene rings is 1. The van der Waals surface area contributed by atoms with Crippen LogP contribution in [0.15, 0.2) is 18.2 Å². The van der Waals surface area contributed by atoms with Gasteiger partial charge in [-0.1, -0.05) is 13.8 Å². The van der Waals surface area contributed by atoms with Crippen molar-refractivity contribution in [1.29, 1.82) is 0 Å². The molecule has 98 valence electrons. The second-order valence-electron chi connectivity index (χ2n) is 6.14. The van der Waals surface area contributed by atoms with Crippen LogP contribution in [0.5, 0.6) is 0 Å². The summed E-state index contributed by atoms with van der Waals surface area (Å²) in [4.78, 5) is 11.1. The van der Waals surface area contributed by atoms with Crippen LogP contribution >= 0.6 is 0 Å². The van der Waals surface area contributed by atoms with Gasteiger partial charge in [0.15, 0.2) is 0 Å². The Balaban J connectivity index is 2.09. The van der Waals surface area contributed by atoms with Crippen molar-refractivity contribution >= 4 is 11.6 Å². The number of anilines is 1. The van der Waals surface area contributed by atoms with Crippen LogP contribution in [0.3, 0.4) is 0 Å². The maximum atomic E-state index is 11.1. The number of nitrogens with two attached hydrogens (primary N) is 1. The molecule has 0 radical (unpaired) electrons. The van der Waals surface area contributed by atoms with Crippen molar-refractivity contribution in [3.63, 3.8) is 0 Å². The first-order valence-electron chi connectivity index (χ1n) is 6.54. The molecule has 1 unspecified atom stereocenters. The molecule has 0 spiro atoms. The fourth-order valence-corrected chi connectivity index (χ4v) is 2.76. The number of hydrogen-bond acceptors (Lipinski definition) is 2. The summed E-state index contributed by atoms with van der Waals surface area (Å²) in [5, 5.41) is 3.58. The first-order valence-corrected chi connectivity index (χ1v) is 6.54. The van der Waals surface area contributed by atoms with Gasteiger partial charge in [-0.25, -0.2) is 0 Å². The summed E-state index contributed by atoms with van der Waals surface area (Å²) in [5.74, 6) is -0.369. The van der Waals surface area contributed by atoms with E-state index in [1.165, 1.54) is 19.3 Å². The predicted molar refractivity (Wildman–Crippen MR) is 74.7 cm³/mol. The van der Waals surface area contributed by atoms with Gasteiger partial charge in [-0.05, 0) is 55.4 Å². The Morgan fingerprint density at radius 2 is 2.17 bits per heavy atom. The molecule has 0 aromatic heterocycles. The van der Waals surface area contributed by atoms with Crippen molar-refractivity contribution in [2.24, 2.45) is 11.1 Å². The van der Waals surface area contributed by atoms with Gasteiger partial charge in [-0.3, -0.25) is 4.79 Å². The van der Waals surface area contributed by atoms with E-state index in [0.717, 1.165) is 11.3 Å². The Morgan fingerprint density at radius 1 is 1.44 bits per heavy atom. The van der Waals surface area contributed by atoms with Crippen molar-refractivity contribution in [2.75, 3.05) is 5.32 Å². The third-order valence-electron chi connectivity index (χ3n) is 3.84. The monoisotopic (exact) mass is 246 g/mol. The lowest BCUT2D eigenvalue weighted by Crippen LogP contribution is -2.18. The number of primary amides is 1. The van der Waals surface area contributed by atoms with E-state index in [1.807, 2.05) is 19.1 Å². The van der Waals surface area contributed by atoms with Gasteiger partial charge in [0.25, 0.3) is 0 Å². The van der Waals surface area contributed by atoms with Crippen LogP contribution in [0.2, 0.25) is 0 Å². The number of amides is 1. The molecular weight excluding hydrogens is 224 g/mol. The standard InChI is InChI=1S/C15H22N2O/c1-10-8-11(14(16)18)4-5-13(10)17-12-6-7-15(2,3)9-12/h4-5,8,12,17H,6-7,9H2,1-3H3,(H2,16,18). The molecule has 1 aromatic rings. The first-order chi connectivity index (χ1) is 8.37. The zero-order valence-corrected chi connectivity index (χ0v) is 11.4. The number of rotatable bonds is 3. The van der Waals surface area contributed by atoms with Crippen LogP contribution in [0, 0.1) is 12.3 Å². The molecule has 0 saturated heterocycles. The van der Waals surface area contributed by atoms with Gasteiger partial charge in [0.05, 0.1) is 0 Å². The summed E-state index contributed by atoms with van der Waals surface area (Å²) in [6, 6.07) is 6.14. The summed E-state index contributed by atoms with van der Waals surface area (Å²) in [6.07, 6.45) is 3.68. The van der Waals surface area contributed by atoms with Crippen molar-refractivity contribution < 1.29 is 4.79 Å². The van der Waals surface area contributed by atoms with Crippen molar-refractivity contribution in [2.45, 2.75) is 46.1 Å². The van der Waals surface area contributed by atoms with Crippen LogP contribution in [0.4, 0.5) is 5.69 Å². The second-order valence-corrected chi connectivity index (χ2v) is 6.14. The van der Waals surface area contributed by atoms with E-state index in [1.54, 1.807) is 6.07 Å². The molecule has 1 aliphatic carbocycles. The molecule has 3 heteroatoms. The average molecular weight is 246 g/mol. The maximum Gasteiger partial charge on any atom is 0.248 e. The van der Waals surface area contributed by atoms with Gasteiger partial charge in [0.1, 0.15) is 0 Å². The number of carbonyl (C=O) groups excluding carboxylic acids is 1. The van der Waals surface area contributed by atoms with Crippen LogP contribution in [0.1, 0.15) is 49.0 Å². The minimum absolute atomic E-state index is 0.369. The van der Waals surface area contributed by atoms with Crippen molar-refractivity contribution in [3.05, 3.63) is 29.3 Å². The smallest absolute Gasteiger partial charge is 0.248 e. The third kappa shape index (κ3) is 2.84. The number of aryl methyl sites for hydroxylation is 1. The highest BCUT2D eigenvalue weighted by molar-refractivity contribution is 5.93. The highest BCUT2D eigenvalue weighted by Gasteiger charge is 2.30. The van der Waals surface area contributed by atoms with Gasteiger partial charge in [-0.2, -0.15) is 0 Å². The third-order valence-corrected chi connectivity index (χ3v) is 3.84. The van der Waals surface area contributed by atoms with Crippen LogP contribution in [-0.2, 0) is 0 Å². The lowest BCUT2D eigenvalue weighted by molar-refractivity contribution is 0.1000. The summed E-state index contributed by atoms with van der Waals surface area (Å²) >= 11 is 0. The normalized spacial score (nSPS) is 21.8. The molecule has 18 heavy (non-hydrogen) atoms. The molecule has 2 rings (SSSR count). The minimum atomic E-state index is -0.369. The highest BCUT2D eigenvalue weighted by Crippen LogP contribution is 2.38. The number of carbonyl (C=O) groups is 1. The molecule has 1 amide bonds. The quantitative estimate of drug-likeness (QED) is 0.861. The van der Waals surface area contributed by atoms with E-state index >= 15 is 0 Å². The average Bonchev–Trinajstić information content (AvgIpc) is 2.61. The molecule has 1 aromatic carbocycles. The lowest BCUT2D eigenvalue weighted by atomic mass is 9.92. The first kappa shape index (κ1) is 12.9. The minimum Gasteiger partial charge on any atom is -0.382 e. The molecule has 0 bridgehead atoms. The summed E-state index contributed by atoms with van der Waals surface area (Å²) in [7, 11) is 0. The molecule has 1 saturated carbocycles. The molecule has 0 heterocycles. The summed E-state index contributed by atoms with van der Waals surface area (Å²) < 4.78 is 0. The van der Waals surface area contributed by atoms with E-state index in [4.69, 9.17) is 5.73 Å². The molecule has 3 N–H and O–H groups in total. The zero-order valence-electron chi connectivity index (χ0n) is 11.4. The molecule has 3 nitrogen and oxygen atoms in total. The Kier molecular flexibility index (Phi) is 3.33. The SMILES string of the molecule is Cc1cc(C(N)=O)ccc1NC1CCC(C)(C)C1. The highest BCUT2D eigenvalue weighted by atomic mass is 16.1. The number of hydrogen-bond donors (Lipinski definition) is 2. The van der Waals surface area contributed by atoms with Gasteiger partial charge in [0, 0.05) is 17.3 Å². The topological polar surface area (TPSA) is 55.1 Å². The molecular formula is C15H22N2O. The van der Waals surface area contributed by atoms with Crippen LogP contribution in [0.25, 0.3) is 0 Å². The molecule has 1 aliphatic rings. The van der Waals surface area contributed by atoms with Gasteiger partial charge in [-0.15, -0.1) is 0 Å². The Labute approximate surface area is 109 Å². The molecule has 0 aliphatic heterocycles. The largest absolute Gasteiger partial charge is 0.382 e. The lowest BCUT2D eigenvalue weighted by Gasteiger charge is -2.19. The van der Waals surface area contributed by atoms with E-state index in [9.17, 15) is 4.79 Å². The Morgan fingerprint density at radius 3 is 2.67 bits per heavy atom. The second kappa shape index (κ2) is 4.63. The zero-order chi connectivity index (χ0) is 13.3. The van der Waals surface area contributed by atoms with Gasteiger partial charge >= 0.3 is 0 Å². The predicted octanol–water partition coefficient (Wildman–Crippen LogP) is 3.08. The van der Waals surface area contributed by atoms with E-state index in [2.05, 4.69) is 19.2 Å². The molecule has 1 fully saturated rings. The Bertz CT molecular complexity index is 466. The van der Waals surface area contributed by atoms with E-state index < -0.39 is 0 Å². The Hall–Kier alpha value is -1.51. The van der Waals surface area contributed by atoms with Crippen LogP contribution in [-0.4, -0.2) is 11.9 Å². The van der Waals surface area contributed by atoms with Gasteiger partial charge < -0.3 is 11.1 Å². The summed E-state index contributed by atoms with van der Waals surface area (Å²) in [5.41, 5.74) is 8.48. The van der Waals surface area contributed by atoms with Crippen molar-refractivity contribution in [3.8, 4) is 0 Å². The fraction of sp³-hybridized carbons (Fsp3) is 0.533. The number of nitrogens with one attached hydrogen (secondary N) is 1. The maximum absolute atomic E-state index is 11.1. The van der Waals surface area contributed by atoms with E-state index in [0.29, 0.717) is 17.0 Å². The molecule has 1 atom stereocenters. The van der Waals surface area contributed by atoms with E-state index in [-0.39, 0.29) is 5.91 Å². The summed E-state index contributed by atoms with van der Waals surface area (Å²) in [6.45, 7) is 6.64. The van der Waals surface area contributed by atoms with Crippen molar-refractivity contribution in [1.82, 2.24) is 0 Å². The van der Waals surface area contributed by atoms with Crippen LogP contribution < -0.4 is 11.1 Å². The fourth-order valence-electron chi connectivity index (χ4n) is 2.76. The van der Waals surface area contributed by atoms with Gasteiger partial charge in [0.2, 0.25) is 5.91 Å².